The summed E-state index contributed by atoms with van der Waals surface area (Å²) in [7, 11) is -8.16. The van der Waals surface area contributed by atoms with Gasteiger partial charge in [0.15, 0.2) is 0 Å². The Bertz CT molecular complexity index is 298. The molecule has 4 unspecified atom stereocenters. The summed E-state index contributed by atoms with van der Waals surface area (Å²) in [4.78, 5) is 18.3. The maximum Gasteiger partial charge on any atom is 0.336 e. The molecule has 17 heavy (non-hydrogen) atoms. The zero-order valence-electron chi connectivity index (χ0n) is 8.51. The van der Waals surface area contributed by atoms with Crippen LogP contribution in [0.1, 0.15) is 0 Å². The fourth-order valence-electron chi connectivity index (χ4n) is 0.864. The third-order valence-electron chi connectivity index (χ3n) is 1.45. The van der Waals surface area contributed by atoms with Gasteiger partial charge in [-0.15, -0.1) is 0 Å². The quantitative estimate of drug-likeness (QED) is 0.359. The first-order chi connectivity index (χ1) is 7.62. The summed E-state index contributed by atoms with van der Waals surface area (Å²) in [6.07, 6.45) is -0.464. The standard InChI is InChI=1S/C6H12Br4O5P2/c7-1-5(9)3-16(11,12)15-17(13,14)4-6(10)2-8/h5-6H,1-4H2,(H,11,12)(H,13,14). The molecule has 0 saturated heterocycles. The van der Waals surface area contributed by atoms with Crippen LogP contribution in [-0.4, -0.2) is 42.4 Å². The summed E-state index contributed by atoms with van der Waals surface area (Å²) in [5, 5.41) is 0.887. The Morgan fingerprint density at radius 1 is 0.941 bits per heavy atom. The highest BCUT2D eigenvalue weighted by molar-refractivity contribution is 9.12. The molecule has 0 radical (unpaired) electrons. The van der Waals surface area contributed by atoms with Crippen LogP contribution in [0.25, 0.3) is 0 Å². The van der Waals surface area contributed by atoms with E-state index in [1.165, 1.54) is 0 Å². The first kappa shape index (κ1) is 19.3. The Balaban J connectivity index is 4.48. The smallest absolute Gasteiger partial charge is 0.324 e. The molecule has 2 N–H and O–H groups in total. The Kier molecular flexibility index (Phi) is 9.66. The summed E-state index contributed by atoms with van der Waals surface area (Å²) < 4.78 is 27.7. The highest BCUT2D eigenvalue weighted by Gasteiger charge is 2.34. The van der Waals surface area contributed by atoms with Gasteiger partial charge in [-0.2, -0.15) is 0 Å². The maximum atomic E-state index is 11.6. The number of hydrogen-bond acceptors (Lipinski definition) is 3. The minimum atomic E-state index is -4.08. The monoisotopic (exact) mass is 542 g/mol. The predicted molar refractivity (Wildman–Crippen MR) is 83.5 cm³/mol. The Labute approximate surface area is 134 Å². The van der Waals surface area contributed by atoms with E-state index in [9.17, 15) is 18.9 Å². The third kappa shape index (κ3) is 9.74. The van der Waals surface area contributed by atoms with E-state index in [1.54, 1.807) is 0 Å². The van der Waals surface area contributed by atoms with Crippen molar-refractivity contribution in [3.8, 4) is 0 Å². The summed E-state index contributed by atoms with van der Waals surface area (Å²) in [6, 6.07) is 0. The molecular formula is C6H12Br4O5P2. The SMILES string of the molecule is O=P(O)(CC(Br)CBr)OP(=O)(O)CC(Br)CBr. The van der Waals surface area contributed by atoms with E-state index in [0.29, 0.717) is 10.7 Å². The number of alkyl halides is 4. The molecule has 0 spiro atoms. The molecule has 11 heteroatoms. The van der Waals surface area contributed by atoms with Crippen LogP contribution in [0.5, 0.6) is 0 Å². The molecule has 0 bridgehead atoms. The van der Waals surface area contributed by atoms with Crippen molar-refractivity contribution in [1.82, 2.24) is 0 Å². The van der Waals surface area contributed by atoms with Crippen molar-refractivity contribution in [2.45, 2.75) is 9.65 Å². The molecule has 0 saturated carbocycles. The van der Waals surface area contributed by atoms with Crippen LogP contribution in [-0.2, 0) is 13.4 Å². The van der Waals surface area contributed by atoms with Crippen molar-refractivity contribution in [3.05, 3.63) is 0 Å². The van der Waals surface area contributed by atoms with E-state index >= 15 is 0 Å². The van der Waals surface area contributed by atoms with Gasteiger partial charge in [-0.1, -0.05) is 63.7 Å². The second-order valence-electron chi connectivity index (χ2n) is 3.22. The van der Waals surface area contributed by atoms with Gasteiger partial charge in [-0.3, -0.25) is 9.13 Å². The number of rotatable bonds is 8. The van der Waals surface area contributed by atoms with Crippen molar-refractivity contribution >= 4 is 78.9 Å². The molecule has 0 aromatic carbocycles. The van der Waals surface area contributed by atoms with Crippen LogP contribution in [0, 0.1) is 0 Å². The van der Waals surface area contributed by atoms with Crippen molar-refractivity contribution in [2.75, 3.05) is 23.0 Å². The van der Waals surface area contributed by atoms with Crippen LogP contribution in [0.15, 0.2) is 0 Å². The van der Waals surface area contributed by atoms with Gasteiger partial charge in [0.05, 0.1) is 12.3 Å². The molecule has 0 rings (SSSR count). The van der Waals surface area contributed by atoms with E-state index in [1.807, 2.05) is 0 Å². The molecule has 0 heterocycles. The summed E-state index contributed by atoms with van der Waals surface area (Å²) in [5.41, 5.74) is 0. The van der Waals surface area contributed by atoms with Gasteiger partial charge in [0.1, 0.15) is 0 Å². The van der Waals surface area contributed by atoms with E-state index in [2.05, 4.69) is 68.0 Å². The number of halogens is 4. The van der Waals surface area contributed by atoms with Gasteiger partial charge >= 0.3 is 15.2 Å². The molecule has 0 fully saturated rings. The second-order valence-corrected chi connectivity index (χ2v) is 11.0. The molecule has 0 aliphatic heterocycles. The predicted octanol–water partition coefficient (Wildman–Crippen LogP) is 3.69. The van der Waals surface area contributed by atoms with Gasteiger partial charge in [0.2, 0.25) is 0 Å². The Hall–Kier alpha value is 2.26. The zero-order valence-corrected chi connectivity index (χ0v) is 16.6. The van der Waals surface area contributed by atoms with Crippen LogP contribution in [0.4, 0.5) is 0 Å². The fourth-order valence-corrected chi connectivity index (χ4v) is 7.61. The topological polar surface area (TPSA) is 83.8 Å². The zero-order chi connectivity index (χ0) is 13.7. The van der Waals surface area contributed by atoms with Gasteiger partial charge in [-0.25, -0.2) is 4.31 Å². The van der Waals surface area contributed by atoms with Crippen molar-refractivity contribution in [2.24, 2.45) is 0 Å². The van der Waals surface area contributed by atoms with E-state index in [0.717, 1.165) is 0 Å². The van der Waals surface area contributed by atoms with Crippen LogP contribution in [0.3, 0.4) is 0 Å². The highest BCUT2D eigenvalue weighted by atomic mass is 79.9. The lowest BCUT2D eigenvalue weighted by Gasteiger charge is -2.19. The Morgan fingerprint density at radius 2 is 1.24 bits per heavy atom. The second kappa shape index (κ2) is 8.53. The number of hydrogen-bond donors (Lipinski definition) is 2. The molecule has 0 aromatic rings. The van der Waals surface area contributed by atoms with Crippen molar-refractivity contribution in [1.29, 1.82) is 0 Å². The fraction of sp³-hybridized carbons (Fsp3) is 1.00. The van der Waals surface area contributed by atoms with E-state index in [-0.39, 0.29) is 22.0 Å². The van der Waals surface area contributed by atoms with Gasteiger partial charge in [0.25, 0.3) is 0 Å². The highest BCUT2D eigenvalue weighted by Crippen LogP contribution is 2.60. The van der Waals surface area contributed by atoms with Gasteiger partial charge < -0.3 is 9.79 Å². The summed E-state index contributed by atoms with van der Waals surface area (Å²) in [5.74, 6) is 0. The molecule has 0 aliphatic rings. The first-order valence-electron chi connectivity index (χ1n) is 4.37. The van der Waals surface area contributed by atoms with Crippen molar-refractivity contribution < 1.29 is 23.2 Å². The molecule has 0 amide bonds. The third-order valence-corrected chi connectivity index (χ3v) is 10.9. The van der Waals surface area contributed by atoms with Crippen molar-refractivity contribution in [3.63, 3.8) is 0 Å². The van der Waals surface area contributed by atoms with E-state index in [4.69, 9.17) is 0 Å². The van der Waals surface area contributed by atoms with Crippen LogP contribution >= 0.6 is 78.9 Å². The van der Waals surface area contributed by atoms with Crippen LogP contribution < -0.4 is 0 Å². The lowest BCUT2D eigenvalue weighted by Crippen LogP contribution is -2.11. The van der Waals surface area contributed by atoms with Gasteiger partial charge in [0, 0.05) is 20.3 Å². The van der Waals surface area contributed by atoms with Gasteiger partial charge in [-0.05, 0) is 0 Å². The summed E-state index contributed by atoms with van der Waals surface area (Å²) in [6.45, 7) is 0. The molecule has 104 valence electrons. The van der Waals surface area contributed by atoms with E-state index < -0.39 is 15.2 Å². The summed E-state index contributed by atoms with van der Waals surface area (Å²) >= 11 is 12.5. The Morgan fingerprint density at radius 3 is 1.47 bits per heavy atom. The lowest BCUT2D eigenvalue weighted by atomic mass is 10.6. The maximum absolute atomic E-state index is 11.6. The lowest BCUT2D eigenvalue weighted by molar-refractivity contribution is 0.332. The normalized spacial score (nSPS) is 22.5. The minimum absolute atomic E-state index is 0.232. The molecular weight excluding hydrogens is 534 g/mol. The molecule has 0 aliphatic carbocycles. The average molecular weight is 546 g/mol. The molecule has 4 atom stereocenters. The molecule has 0 aromatic heterocycles. The largest absolute Gasteiger partial charge is 0.336 e. The van der Waals surface area contributed by atoms with Crippen LogP contribution in [0.2, 0.25) is 0 Å². The molecule has 5 nitrogen and oxygen atoms in total. The first-order valence-corrected chi connectivity index (χ1v) is 12.0. The minimum Gasteiger partial charge on any atom is -0.324 e. The average Bonchev–Trinajstić information content (AvgIpc) is 2.13.